The molecule has 0 aliphatic rings. The normalized spacial score (nSPS) is 10.7. The van der Waals surface area contributed by atoms with Crippen LogP contribution in [-0.4, -0.2) is 26.7 Å². The SMILES string of the molecule is OCCc1cn(-c2cc(Cl)ccc2Br)nn1. The number of aromatic nitrogens is 3. The molecule has 0 radical (unpaired) electrons. The van der Waals surface area contributed by atoms with Gasteiger partial charge in [-0.2, -0.15) is 0 Å². The van der Waals surface area contributed by atoms with Gasteiger partial charge in [0, 0.05) is 22.5 Å². The summed E-state index contributed by atoms with van der Waals surface area (Å²) in [6.45, 7) is 0.0649. The van der Waals surface area contributed by atoms with Crippen LogP contribution in [0.1, 0.15) is 5.69 Å². The van der Waals surface area contributed by atoms with Crippen molar-refractivity contribution in [3.8, 4) is 5.69 Å². The van der Waals surface area contributed by atoms with Crippen molar-refractivity contribution in [2.75, 3.05) is 6.61 Å². The fourth-order valence-electron chi connectivity index (χ4n) is 1.31. The van der Waals surface area contributed by atoms with E-state index in [-0.39, 0.29) is 6.61 Å². The Hall–Kier alpha value is -0.910. The van der Waals surface area contributed by atoms with Gasteiger partial charge >= 0.3 is 0 Å². The number of benzene rings is 1. The van der Waals surface area contributed by atoms with E-state index in [9.17, 15) is 0 Å². The largest absolute Gasteiger partial charge is 0.396 e. The number of halogens is 2. The summed E-state index contributed by atoms with van der Waals surface area (Å²) in [7, 11) is 0. The number of nitrogens with zero attached hydrogens (tertiary/aromatic N) is 3. The average molecular weight is 303 g/mol. The van der Waals surface area contributed by atoms with Gasteiger partial charge in [0.25, 0.3) is 0 Å². The summed E-state index contributed by atoms with van der Waals surface area (Å²) >= 11 is 9.33. The second-order valence-corrected chi connectivity index (χ2v) is 4.51. The molecule has 0 atom stereocenters. The molecule has 16 heavy (non-hydrogen) atoms. The van der Waals surface area contributed by atoms with Crippen molar-refractivity contribution in [1.29, 1.82) is 0 Å². The van der Waals surface area contributed by atoms with E-state index >= 15 is 0 Å². The second kappa shape index (κ2) is 4.95. The van der Waals surface area contributed by atoms with E-state index in [4.69, 9.17) is 16.7 Å². The molecule has 0 unspecified atom stereocenters. The van der Waals surface area contributed by atoms with Gasteiger partial charge in [0.2, 0.25) is 0 Å². The molecule has 0 spiro atoms. The van der Waals surface area contributed by atoms with Crippen LogP contribution in [0.2, 0.25) is 5.02 Å². The summed E-state index contributed by atoms with van der Waals surface area (Å²) in [4.78, 5) is 0. The molecule has 84 valence electrons. The van der Waals surface area contributed by atoms with E-state index in [1.165, 1.54) is 0 Å². The summed E-state index contributed by atoms with van der Waals surface area (Å²) < 4.78 is 2.51. The van der Waals surface area contributed by atoms with Crippen molar-refractivity contribution in [1.82, 2.24) is 15.0 Å². The smallest absolute Gasteiger partial charge is 0.0854 e. The van der Waals surface area contributed by atoms with Crippen LogP contribution in [0.25, 0.3) is 5.69 Å². The Bertz CT molecular complexity index is 501. The molecule has 0 saturated carbocycles. The van der Waals surface area contributed by atoms with Gasteiger partial charge in [-0.3, -0.25) is 0 Å². The minimum atomic E-state index is 0.0649. The van der Waals surface area contributed by atoms with Crippen molar-refractivity contribution >= 4 is 27.5 Å². The Balaban J connectivity index is 2.38. The first kappa shape index (κ1) is 11.6. The molecule has 0 bridgehead atoms. The standard InChI is InChI=1S/C10H9BrClN3O/c11-9-2-1-7(12)5-10(9)15-6-8(3-4-16)13-14-15/h1-2,5-6,16H,3-4H2. The minimum Gasteiger partial charge on any atom is -0.396 e. The van der Waals surface area contributed by atoms with Gasteiger partial charge in [-0.1, -0.05) is 16.8 Å². The van der Waals surface area contributed by atoms with Crippen LogP contribution < -0.4 is 0 Å². The summed E-state index contributed by atoms with van der Waals surface area (Å²) in [5.74, 6) is 0. The first-order valence-corrected chi connectivity index (χ1v) is 5.85. The Labute approximate surface area is 106 Å². The fourth-order valence-corrected chi connectivity index (χ4v) is 1.90. The van der Waals surface area contributed by atoms with Crippen molar-refractivity contribution < 1.29 is 5.11 Å². The maximum atomic E-state index is 8.79. The highest BCUT2D eigenvalue weighted by atomic mass is 79.9. The molecular weight excluding hydrogens is 293 g/mol. The first-order chi connectivity index (χ1) is 7.70. The van der Waals surface area contributed by atoms with Crippen LogP contribution in [0.15, 0.2) is 28.9 Å². The minimum absolute atomic E-state index is 0.0649. The molecule has 0 aliphatic carbocycles. The van der Waals surface area contributed by atoms with Crippen LogP contribution in [0.4, 0.5) is 0 Å². The molecule has 0 aliphatic heterocycles. The molecule has 1 aromatic heterocycles. The zero-order valence-corrected chi connectivity index (χ0v) is 10.6. The summed E-state index contributed by atoms with van der Waals surface area (Å²) in [6, 6.07) is 5.44. The van der Waals surface area contributed by atoms with Gasteiger partial charge in [0.05, 0.1) is 17.6 Å². The zero-order valence-electron chi connectivity index (χ0n) is 8.27. The van der Waals surface area contributed by atoms with Gasteiger partial charge in [0.1, 0.15) is 0 Å². The molecule has 0 fully saturated rings. The number of hydrogen-bond donors (Lipinski definition) is 1. The molecule has 6 heteroatoms. The van der Waals surface area contributed by atoms with E-state index in [0.717, 1.165) is 15.9 Å². The Morgan fingerprint density at radius 2 is 2.25 bits per heavy atom. The maximum Gasteiger partial charge on any atom is 0.0854 e. The number of aliphatic hydroxyl groups is 1. The first-order valence-electron chi connectivity index (χ1n) is 4.68. The van der Waals surface area contributed by atoms with Gasteiger partial charge in [-0.15, -0.1) is 5.10 Å². The zero-order chi connectivity index (χ0) is 11.5. The highest BCUT2D eigenvalue weighted by Crippen LogP contribution is 2.24. The van der Waals surface area contributed by atoms with Gasteiger partial charge in [-0.05, 0) is 34.1 Å². The molecule has 2 rings (SSSR count). The van der Waals surface area contributed by atoms with Gasteiger partial charge in [0.15, 0.2) is 0 Å². The third kappa shape index (κ3) is 2.42. The molecule has 2 aromatic rings. The molecule has 0 amide bonds. The lowest BCUT2D eigenvalue weighted by molar-refractivity contribution is 0.298. The van der Waals surface area contributed by atoms with Crippen molar-refractivity contribution in [2.24, 2.45) is 0 Å². The maximum absolute atomic E-state index is 8.79. The van der Waals surface area contributed by atoms with Crippen molar-refractivity contribution in [2.45, 2.75) is 6.42 Å². The molecule has 1 heterocycles. The third-order valence-corrected chi connectivity index (χ3v) is 2.97. The van der Waals surface area contributed by atoms with Crippen molar-refractivity contribution in [3.05, 3.63) is 39.6 Å². The van der Waals surface area contributed by atoms with Crippen LogP contribution >= 0.6 is 27.5 Å². The molecule has 1 aromatic carbocycles. The lowest BCUT2D eigenvalue weighted by Gasteiger charge is -2.03. The number of rotatable bonds is 3. The summed E-state index contributed by atoms with van der Waals surface area (Å²) in [5, 5.41) is 17.3. The van der Waals surface area contributed by atoms with E-state index < -0.39 is 0 Å². The third-order valence-electron chi connectivity index (χ3n) is 2.06. The molecule has 1 N–H and O–H groups in total. The highest BCUT2D eigenvalue weighted by molar-refractivity contribution is 9.10. The molecule has 4 nitrogen and oxygen atoms in total. The van der Waals surface area contributed by atoms with Crippen LogP contribution in [0, 0.1) is 0 Å². The number of hydrogen-bond acceptors (Lipinski definition) is 3. The average Bonchev–Trinajstić information content (AvgIpc) is 2.71. The Morgan fingerprint density at radius 1 is 1.44 bits per heavy atom. The van der Waals surface area contributed by atoms with Gasteiger partial charge < -0.3 is 5.11 Å². The molecular formula is C10H9BrClN3O. The summed E-state index contributed by atoms with van der Waals surface area (Å²) in [5.41, 5.74) is 1.57. The summed E-state index contributed by atoms with van der Waals surface area (Å²) in [6.07, 6.45) is 2.27. The topological polar surface area (TPSA) is 50.9 Å². The number of aliphatic hydroxyl groups excluding tert-OH is 1. The van der Waals surface area contributed by atoms with Crippen LogP contribution in [-0.2, 0) is 6.42 Å². The predicted octanol–water partition coefficient (Wildman–Crippen LogP) is 2.22. The second-order valence-electron chi connectivity index (χ2n) is 3.22. The van der Waals surface area contributed by atoms with E-state index in [0.29, 0.717) is 11.4 Å². The highest BCUT2D eigenvalue weighted by Gasteiger charge is 2.06. The lowest BCUT2D eigenvalue weighted by Crippen LogP contribution is -1.96. The lowest BCUT2D eigenvalue weighted by atomic mass is 10.3. The van der Waals surface area contributed by atoms with Crippen LogP contribution in [0.5, 0.6) is 0 Å². The molecule has 0 saturated heterocycles. The predicted molar refractivity (Wildman–Crippen MR) is 64.9 cm³/mol. The van der Waals surface area contributed by atoms with Gasteiger partial charge in [-0.25, -0.2) is 4.68 Å². The van der Waals surface area contributed by atoms with E-state index in [1.807, 2.05) is 6.07 Å². The Kier molecular flexibility index (Phi) is 3.58. The van der Waals surface area contributed by atoms with Crippen molar-refractivity contribution in [3.63, 3.8) is 0 Å². The monoisotopic (exact) mass is 301 g/mol. The van der Waals surface area contributed by atoms with E-state index in [2.05, 4.69) is 26.2 Å². The Morgan fingerprint density at radius 3 is 3.00 bits per heavy atom. The fraction of sp³-hybridized carbons (Fsp3) is 0.200. The quantitative estimate of drug-likeness (QED) is 0.946. The van der Waals surface area contributed by atoms with Crippen LogP contribution in [0.3, 0.4) is 0 Å². The van der Waals surface area contributed by atoms with E-state index in [1.54, 1.807) is 23.0 Å².